The standard InChI is InChI=1S/C21H31N3O2/c1-13(2)19-21(12-24(19)4)10-16(18(25)11-21)22-20(26)15-6-5-14-7-8-23(3)17(14)9-15/h5-6,9,13,16,18-19,25H,7-8,10-12H2,1-4H3,(H,22,26)/t16-,18-,19?,21?/m1/s1. The van der Waals surface area contributed by atoms with Crippen LogP contribution in [0.25, 0.3) is 0 Å². The summed E-state index contributed by atoms with van der Waals surface area (Å²) in [4.78, 5) is 17.4. The van der Waals surface area contributed by atoms with Crippen LogP contribution in [-0.4, -0.2) is 61.3 Å². The molecule has 1 spiro atoms. The van der Waals surface area contributed by atoms with Gasteiger partial charge in [0, 0.05) is 42.8 Å². The van der Waals surface area contributed by atoms with Crippen LogP contribution in [0.1, 0.15) is 42.6 Å². The molecule has 1 saturated carbocycles. The van der Waals surface area contributed by atoms with Crippen LogP contribution in [0, 0.1) is 11.3 Å². The number of nitrogens with one attached hydrogen (secondary N) is 1. The Morgan fingerprint density at radius 3 is 2.77 bits per heavy atom. The smallest absolute Gasteiger partial charge is 0.251 e. The van der Waals surface area contributed by atoms with Gasteiger partial charge in [-0.05, 0) is 49.9 Å². The van der Waals surface area contributed by atoms with Crippen molar-refractivity contribution in [3.8, 4) is 0 Å². The average Bonchev–Trinajstić information content (AvgIpc) is 3.08. The number of likely N-dealkylation sites (tertiary alicyclic amines) is 1. The number of likely N-dealkylation sites (N-methyl/N-ethyl adjacent to an activating group) is 1. The first kappa shape index (κ1) is 17.8. The number of benzene rings is 1. The molecule has 4 atom stereocenters. The van der Waals surface area contributed by atoms with Crippen molar-refractivity contribution < 1.29 is 9.90 Å². The van der Waals surface area contributed by atoms with Gasteiger partial charge in [0.2, 0.25) is 0 Å². The topological polar surface area (TPSA) is 55.8 Å². The molecule has 0 bridgehead atoms. The second-order valence-electron chi connectivity index (χ2n) is 9.04. The van der Waals surface area contributed by atoms with Crippen LogP contribution < -0.4 is 10.2 Å². The van der Waals surface area contributed by atoms with Crippen LogP contribution in [0.15, 0.2) is 18.2 Å². The molecule has 1 amide bonds. The number of carbonyl (C=O) groups excluding carboxylic acids is 1. The molecule has 2 fully saturated rings. The minimum absolute atomic E-state index is 0.0667. The maximum Gasteiger partial charge on any atom is 0.251 e. The molecule has 1 aliphatic carbocycles. The number of anilines is 1. The fourth-order valence-corrected chi connectivity index (χ4v) is 5.93. The minimum Gasteiger partial charge on any atom is -0.391 e. The summed E-state index contributed by atoms with van der Waals surface area (Å²) >= 11 is 0. The van der Waals surface area contributed by atoms with Gasteiger partial charge in [0.15, 0.2) is 0 Å². The summed E-state index contributed by atoms with van der Waals surface area (Å²) in [6.45, 7) is 6.53. The van der Waals surface area contributed by atoms with Crippen molar-refractivity contribution in [2.75, 3.05) is 32.1 Å². The maximum absolute atomic E-state index is 12.8. The Morgan fingerprint density at radius 1 is 1.31 bits per heavy atom. The number of nitrogens with zero attached hydrogens (tertiary/aromatic N) is 2. The Balaban J connectivity index is 1.46. The SMILES string of the molecule is CC(C)C1N(C)CC12C[C@@H](O)[C@H](NC(=O)c1ccc3c(c1)N(C)CC3)C2. The van der Waals surface area contributed by atoms with Crippen molar-refractivity contribution in [2.45, 2.75) is 51.3 Å². The van der Waals surface area contributed by atoms with E-state index < -0.39 is 6.10 Å². The predicted molar refractivity (Wildman–Crippen MR) is 104 cm³/mol. The molecule has 4 rings (SSSR count). The van der Waals surface area contributed by atoms with E-state index in [2.05, 4.69) is 49.1 Å². The maximum atomic E-state index is 12.8. The van der Waals surface area contributed by atoms with Crippen molar-refractivity contribution in [1.29, 1.82) is 0 Å². The summed E-state index contributed by atoms with van der Waals surface area (Å²) in [5.74, 6) is 0.491. The molecule has 1 saturated heterocycles. The first-order valence-corrected chi connectivity index (χ1v) is 9.84. The van der Waals surface area contributed by atoms with Crippen molar-refractivity contribution in [2.24, 2.45) is 11.3 Å². The van der Waals surface area contributed by atoms with Gasteiger partial charge >= 0.3 is 0 Å². The number of rotatable bonds is 3. The number of hydrogen-bond donors (Lipinski definition) is 2. The Labute approximate surface area is 156 Å². The number of hydrogen-bond acceptors (Lipinski definition) is 4. The highest BCUT2D eigenvalue weighted by Gasteiger charge is 2.58. The van der Waals surface area contributed by atoms with Crippen molar-refractivity contribution >= 4 is 11.6 Å². The number of carbonyl (C=O) groups is 1. The van der Waals surface area contributed by atoms with E-state index in [1.54, 1.807) is 0 Å². The van der Waals surface area contributed by atoms with Crippen LogP contribution in [0.2, 0.25) is 0 Å². The first-order chi connectivity index (χ1) is 12.3. The predicted octanol–water partition coefficient (Wildman–Crippen LogP) is 1.89. The number of aliphatic hydroxyl groups excluding tert-OH is 1. The van der Waals surface area contributed by atoms with Gasteiger partial charge in [-0.25, -0.2) is 0 Å². The van der Waals surface area contributed by atoms with Gasteiger partial charge in [0.1, 0.15) is 0 Å². The molecule has 2 unspecified atom stereocenters. The first-order valence-electron chi connectivity index (χ1n) is 9.84. The summed E-state index contributed by atoms with van der Waals surface area (Å²) in [6, 6.07) is 6.31. The lowest BCUT2D eigenvalue weighted by Crippen LogP contribution is -2.64. The van der Waals surface area contributed by atoms with Gasteiger partial charge in [-0.3, -0.25) is 4.79 Å². The molecular formula is C21H31N3O2. The molecule has 5 nitrogen and oxygen atoms in total. The minimum atomic E-state index is -0.453. The summed E-state index contributed by atoms with van der Waals surface area (Å²) in [5.41, 5.74) is 3.30. The van der Waals surface area contributed by atoms with E-state index in [-0.39, 0.29) is 17.4 Å². The van der Waals surface area contributed by atoms with E-state index in [1.807, 2.05) is 12.1 Å². The summed E-state index contributed by atoms with van der Waals surface area (Å²) in [7, 11) is 4.23. The normalized spacial score (nSPS) is 33.6. The molecule has 5 heteroatoms. The lowest BCUT2D eigenvalue weighted by Gasteiger charge is -2.57. The van der Waals surface area contributed by atoms with Gasteiger partial charge < -0.3 is 20.2 Å². The third-order valence-electron chi connectivity index (χ3n) is 6.80. The third-order valence-corrected chi connectivity index (χ3v) is 6.80. The van der Waals surface area contributed by atoms with E-state index in [1.165, 1.54) is 5.56 Å². The van der Waals surface area contributed by atoms with Crippen LogP contribution in [0.5, 0.6) is 0 Å². The van der Waals surface area contributed by atoms with E-state index >= 15 is 0 Å². The fraction of sp³-hybridized carbons (Fsp3) is 0.667. The van der Waals surface area contributed by atoms with Gasteiger partial charge in [-0.1, -0.05) is 19.9 Å². The quantitative estimate of drug-likeness (QED) is 0.867. The van der Waals surface area contributed by atoms with Crippen molar-refractivity contribution in [3.05, 3.63) is 29.3 Å². The molecule has 26 heavy (non-hydrogen) atoms. The molecule has 1 aromatic carbocycles. The Hall–Kier alpha value is -1.59. The largest absolute Gasteiger partial charge is 0.391 e. The monoisotopic (exact) mass is 357 g/mol. The van der Waals surface area contributed by atoms with E-state index in [0.29, 0.717) is 17.5 Å². The highest BCUT2D eigenvalue weighted by Crippen LogP contribution is 2.52. The van der Waals surface area contributed by atoms with E-state index in [4.69, 9.17) is 0 Å². The highest BCUT2D eigenvalue weighted by atomic mass is 16.3. The van der Waals surface area contributed by atoms with Gasteiger partial charge in [-0.15, -0.1) is 0 Å². The Morgan fingerprint density at radius 2 is 2.08 bits per heavy atom. The highest BCUT2D eigenvalue weighted by molar-refractivity contribution is 5.95. The zero-order valence-corrected chi connectivity index (χ0v) is 16.3. The molecule has 1 aromatic rings. The molecule has 0 radical (unpaired) electrons. The average molecular weight is 357 g/mol. The zero-order valence-electron chi connectivity index (χ0n) is 16.3. The van der Waals surface area contributed by atoms with Gasteiger partial charge in [0.25, 0.3) is 5.91 Å². The summed E-state index contributed by atoms with van der Waals surface area (Å²) in [5, 5.41) is 13.7. The zero-order chi connectivity index (χ0) is 18.6. The second-order valence-corrected chi connectivity index (χ2v) is 9.04. The van der Waals surface area contributed by atoms with Crippen molar-refractivity contribution in [3.63, 3.8) is 0 Å². The molecule has 3 aliphatic rings. The fourth-order valence-electron chi connectivity index (χ4n) is 5.93. The Bertz CT molecular complexity index is 714. The molecular weight excluding hydrogens is 326 g/mol. The van der Waals surface area contributed by atoms with Gasteiger partial charge in [0.05, 0.1) is 12.1 Å². The molecule has 2 N–H and O–H groups in total. The van der Waals surface area contributed by atoms with E-state index in [9.17, 15) is 9.90 Å². The lowest BCUT2D eigenvalue weighted by atomic mass is 9.66. The lowest BCUT2D eigenvalue weighted by molar-refractivity contribution is -0.0827. The molecule has 142 valence electrons. The summed E-state index contributed by atoms with van der Waals surface area (Å²) < 4.78 is 0. The van der Waals surface area contributed by atoms with Crippen LogP contribution in [-0.2, 0) is 6.42 Å². The number of fused-ring (bicyclic) bond motifs is 1. The number of aliphatic hydroxyl groups is 1. The third kappa shape index (κ3) is 2.72. The molecule has 2 heterocycles. The molecule has 0 aromatic heterocycles. The molecule has 2 aliphatic heterocycles. The van der Waals surface area contributed by atoms with E-state index in [0.717, 1.165) is 38.0 Å². The van der Waals surface area contributed by atoms with Crippen LogP contribution >= 0.6 is 0 Å². The van der Waals surface area contributed by atoms with Gasteiger partial charge in [-0.2, -0.15) is 0 Å². The van der Waals surface area contributed by atoms with Crippen molar-refractivity contribution in [1.82, 2.24) is 10.2 Å². The second kappa shape index (κ2) is 6.24. The Kier molecular flexibility index (Phi) is 4.27. The van der Waals surface area contributed by atoms with Crippen LogP contribution in [0.3, 0.4) is 0 Å². The summed E-state index contributed by atoms with van der Waals surface area (Å²) in [6.07, 6.45) is 2.25. The number of amides is 1. The van der Waals surface area contributed by atoms with Crippen LogP contribution in [0.4, 0.5) is 5.69 Å².